The molecule has 4 nitrogen and oxygen atoms in total. The number of carbonyl (C=O) groups excluding carboxylic acids is 1. The number of benzene rings is 2. The highest BCUT2D eigenvalue weighted by molar-refractivity contribution is 7.71. The van der Waals surface area contributed by atoms with Crippen LogP contribution in [0.1, 0.15) is 19.4 Å². The number of fused-ring (bicyclic) bond motifs is 1. The maximum absolute atomic E-state index is 12.2. The normalized spacial score (nSPS) is 10.4. The predicted molar refractivity (Wildman–Crippen MR) is 109 cm³/mol. The molecule has 0 aliphatic heterocycles. The van der Waals surface area contributed by atoms with Gasteiger partial charge in [-0.3, -0.25) is 0 Å². The third kappa shape index (κ3) is 4.83. The lowest BCUT2D eigenvalue weighted by Crippen LogP contribution is -2.25. The summed E-state index contributed by atoms with van der Waals surface area (Å²) in [6, 6.07) is 17.3. The number of aromatic nitrogens is 1. The van der Waals surface area contributed by atoms with Crippen LogP contribution in [0.25, 0.3) is 10.8 Å². The zero-order chi connectivity index (χ0) is 19.2. The van der Waals surface area contributed by atoms with Crippen molar-refractivity contribution in [2.45, 2.75) is 20.3 Å². The number of hydrogen-bond donors (Lipinski definition) is 0. The van der Waals surface area contributed by atoms with Gasteiger partial charge >= 0.3 is 5.97 Å². The van der Waals surface area contributed by atoms with Crippen molar-refractivity contribution >= 4 is 29.0 Å². The lowest BCUT2D eigenvalue weighted by Gasteiger charge is -2.13. The Balaban J connectivity index is 1.80. The summed E-state index contributed by atoms with van der Waals surface area (Å²) in [7, 11) is 0. The zero-order valence-electron chi connectivity index (χ0n) is 15.3. The summed E-state index contributed by atoms with van der Waals surface area (Å²) in [5, 5.41) is 2.26. The van der Waals surface area contributed by atoms with E-state index in [9.17, 15) is 4.79 Å². The first-order valence-corrected chi connectivity index (χ1v) is 9.11. The Morgan fingerprint density at radius 3 is 2.63 bits per heavy atom. The monoisotopic (exact) mass is 379 g/mol. The number of carbonyl (C=O) groups is 1. The van der Waals surface area contributed by atoms with Crippen molar-refractivity contribution in [3.63, 3.8) is 0 Å². The molecule has 0 fully saturated rings. The molecule has 2 aromatic carbocycles. The van der Waals surface area contributed by atoms with E-state index >= 15 is 0 Å². The van der Waals surface area contributed by atoms with Gasteiger partial charge in [0.05, 0.1) is 0 Å². The second kappa shape index (κ2) is 8.64. The zero-order valence-corrected chi connectivity index (χ0v) is 16.2. The van der Waals surface area contributed by atoms with Crippen LogP contribution in [0.3, 0.4) is 0 Å². The van der Waals surface area contributed by atoms with Gasteiger partial charge in [-0.2, -0.15) is 4.73 Å². The molecule has 0 unspecified atom stereocenters. The van der Waals surface area contributed by atoms with Crippen LogP contribution in [-0.4, -0.2) is 17.3 Å². The van der Waals surface area contributed by atoms with Gasteiger partial charge in [-0.1, -0.05) is 60.3 Å². The van der Waals surface area contributed by atoms with Crippen LogP contribution in [0, 0.1) is 4.64 Å². The first kappa shape index (κ1) is 18.9. The highest BCUT2D eigenvalue weighted by atomic mass is 32.1. The van der Waals surface area contributed by atoms with Crippen molar-refractivity contribution in [3.8, 4) is 5.75 Å². The predicted octanol–water partition coefficient (Wildman–Crippen LogP) is 4.91. The smallest absolute Gasteiger partial charge is 0.369 e. The van der Waals surface area contributed by atoms with Gasteiger partial charge in [0.25, 0.3) is 0 Å². The van der Waals surface area contributed by atoms with Gasteiger partial charge in [0.15, 0.2) is 6.61 Å². The molecule has 0 saturated heterocycles. The number of rotatable bonds is 6. The van der Waals surface area contributed by atoms with Crippen molar-refractivity contribution in [2.75, 3.05) is 6.61 Å². The van der Waals surface area contributed by atoms with E-state index in [0.29, 0.717) is 10.4 Å². The fourth-order valence-electron chi connectivity index (χ4n) is 2.73. The fourth-order valence-corrected chi connectivity index (χ4v) is 2.91. The van der Waals surface area contributed by atoms with Crippen molar-refractivity contribution in [3.05, 3.63) is 82.6 Å². The number of hydrogen-bond acceptors (Lipinski definition) is 4. The highest BCUT2D eigenvalue weighted by Gasteiger charge is 2.11. The third-order valence-corrected chi connectivity index (χ3v) is 4.36. The van der Waals surface area contributed by atoms with E-state index in [-0.39, 0.29) is 6.61 Å². The second-order valence-corrected chi connectivity index (χ2v) is 6.78. The second-order valence-electron chi connectivity index (χ2n) is 6.37. The van der Waals surface area contributed by atoms with Crippen LogP contribution in [-0.2, 0) is 11.2 Å². The molecular weight excluding hydrogens is 358 g/mol. The molecule has 138 valence electrons. The molecule has 27 heavy (non-hydrogen) atoms. The molecule has 0 saturated carbocycles. The minimum Gasteiger partial charge on any atom is -0.481 e. The fraction of sp³-hybridized carbons (Fsp3) is 0.182. The Labute approximate surface area is 163 Å². The van der Waals surface area contributed by atoms with Crippen molar-refractivity contribution in [1.29, 1.82) is 0 Å². The molecule has 0 spiro atoms. The summed E-state index contributed by atoms with van der Waals surface area (Å²) >= 11 is 5.12. The lowest BCUT2D eigenvalue weighted by molar-refractivity contribution is -0.146. The molecule has 0 atom stereocenters. The summed E-state index contributed by atoms with van der Waals surface area (Å²) in [5.41, 5.74) is 2.28. The maximum Gasteiger partial charge on any atom is 0.369 e. The minimum absolute atomic E-state index is 0.198. The van der Waals surface area contributed by atoms with Crippen molar-refractivity contribution < 1.29 is 14.4 Å². The van der Waals surface area contributed by atoms with Gasteiger partial charge in [0, 0.05) is 11.8 Å². The maximum atomic E-state index is 12.2. The first-order chi connectivity index (χ1) is 13.0. The van der Waals surface area contributed by atoms with Gasteiger partial charge in [0.2, 0.25) is 0 Å². The van der Waals surface area contributed by atoms with E-state index in [0.717, 1.165) is 22.8 Å². The molecule has 5 heteroatoms. The topological polar surface area (TPSA) is 40.5 Å². The first-order valence-electron chi connectivity index (χ1n) is 8.70. The van der Waals surface area contributed by atoms with E-state index in [1.165, 1.54) is 10.3 Å². The molecule has 0 radical (unpaired) electrons. The van der Waals surface area contributed by atoms with Crippen LogP contribution >= 0.6 is 12.2 Å². The van der Waals surface area contributed by atoms with Crippen molar-refractivity contribution in [2.24, 2.45) is 0 Å². The molecule has 0 aliphatic rings. The van der Waals surface area contributed by atoms with Gasteiger partial charge < -0.3 is 9.57 Å². The van der Waals surface area contributed by atoms with E-state index in [2.05, 4.69) is 32.1 Å². The van der Waals surface area contributed by atoms with E-state index in [4.69, 9.17) is 21.8 Å². The summed E-state index contributed by atoms with van der Waals surface area (Å²) in [6.45, 7) is 3.93. The Hall–Kier alpha value is -2.92. The molecule has 0 N–H and O–H groups in total. The summed E-state index contributed by atoms with van der Waals surface area (Å²) in [4.78, 5) is 17.4. The Bertz CT molecular complexity index is 1050. The number of pyridine rings is 1. The molecule has 3 aromatic rings. The minimum atomic E-state index is -0.515. The SMILES string of the molecule is CC(C)=CCc1c(OCC(=O)On2ccccc2=S)ccc2ccccc12. The Morgan fingerprint density at radius 1 is 1.07 bits per heavy atom. The summed E-state index contributed by atoms with van der Waals surface area (Å²) in [5.74, 6) is 0.165. The van der Waals surface area contributed by atoms with E-state index < -0.39 is 5.97 Å². The summed E-state index contributed by atoms with van der Waals surface area (Å²) < 4.78 is 7.47. The van der Waals surface area contributed by atoms with Crippen LogP contribution in [0.2, 0.25) is 0 Å². The third-order valence-electron chi connectivity index (χ3n) is 4.05. The molecule has 3 rings (SSSR count). The van der Waals surface area contributed by atoms with Crippen LogP contribution in [0.5, 0.6) is 5.75 Å². The molecule has 1 heterocycles. The lowest BCUT2D eigenvalue weighted by atomic mass is 10.00. The quantitative estimate of drug-likeness (QED) is 0.450. The average molecular weight is 379 g/mol. The van der Waals surface area contributed by atoms with Gasteiger partial charge in [0.1, 0.15) is 10.4 Å². The van der Waals surface area contributed by atoms with E-state index in [1.54, 1.807) is 24.4 Å². The van der Waals surface area contributed by atoms with Gasteiger partial charge in [-0.15, -0.1) is 0 Å². The molecule has 1 aromatic heterocycles. The van der Waals surface area contributed by atoms with Crippen LogP contribution < -0.4 is 9.57 Å². The molecular formula is C22H21NO3S. The molecule has 0 amide bonds. The largest absolute Gasteiger partial charge is 0.481 e. The standard InChI is InChI=1S/C22H21NO3S/c1-16(2)10-12-19-18-8-4-3-7-17(18)11-13-20(19)25-15-22(24)26-23-14-6-5-9-21(23)27/h3-11,13-14H,12,15H2,1-2H3. The van der Waals surface area contributed by atoms with Crippen molar-refractivity contribution in [1.82, 2.24) is 4.73 Å². The van der Waals surface area contributed by atoms with Gasteiger partial charge in [-0.25, -0.2) is 4.79 Å². The van der Waals surface area contributed by atoms with Crippen LogP contribution in [0.4, 0.5) is 0 Å². The number of ether oxygens (including phenoxy) is 1. The number of nitrogens with zero attached hydrogens (tertiary/aromatic N) is 1. The van der Waals surface area contributed by atoms with E-state index in [1.807, 2.05) is 24.3 Å². The van der Waals surface area contributed by atoms with Gasteiger partial charge in [-0.05, 0) is 49.2 Å². The number of allylic oxidation sites excluding steroid dienone is 2. The Kier molecular flexibility index (Phi) is 6.04. The summed E-state index contributed by atoms with van der Waals surface area (Å²) in [6.07, 6.45) is 4.48. The van der Waals surface area contributed by atoms with Crippen LogP contribution in [0.15, 0.2) is 72.4 Å². The molecule has 0 aliphatic carbocycles. The molecule has 0 bridgehead atoms. The highest BCUT2D eigenvalue weighted by Crippen LogP contribution is 2.29. The average Bonchev–Trinajstić information content (AvgIpc) is 2.66. The Morgan fingerprint density at radius 2 is 1.85 bits per heavy atom.